The first kappa shape index (κ1) is 22.3. The summed E-state index contributed by atoms with van der Waals surface area (Å²) < 4.78 is 11.4. The fourth-order valence-electron chi connectivity index (χ4n) is 4.61. The zero-order valence-electron chi connectivity index (χ0n) is 18.5. The van der Waals surface area contributed by atoms with Gasteiger partial charge in [0.1, 0.15) is 5.15 Å². The molecule has 1 aromatic heterocycles. The minimum atomic E-state index is -0.137. The van der Waals surface area contributed by atoms with Crippen molar-refractivity contribution in [3.05, 3.63) is 40.0 Å². The van der Waals surface area contributed by atoms with Crippen LogP contribution in [-0.4, -0.2) is 54.4 Å². The first-order valence-corrected chi connectivity index (χ1v) is 11.7. The van der Waals surface area contributed by atoms with E-state index in [1.165, 1.54) is 24.8 Å². The molecule has 7 heteroatoms. The van der Waals surface area contributed by atoms with Crippen molar-refractivity contribution >= 4 is 28.5 Å². The third kappa shape index (κ3) is 5.68. The highest BCUT2D eigenvalue weighted by Gasteiger charge is 2.25. The number of pyridine rings is 1. The van der Waals surface area contributed by atoms with E-state index in [2.05, 4.69) is 35.4 Å². The number of nitrogens with zero attached hydrogens (tertiary/aromatic N) is 2. The number of fused-ring (bicyclic) bond motifs is 1. The van der Waals surface area contributed by atoms with Crippen LogP contribution in [0.15, 0.2) is 18.2 Å². The number of aryl methyl sites for hydroxylation is 2. The fraction of sp³-hybridized carbons (Fsp3) is 0.583. The molecular formula is C24H32ClN3O3. The average molecular weight is 446 g/mol. The normalized spacial score (nSPS) is 20.0. The molecule has 1 atom stereocenters. The number of halogens is 1. The van der Waals surface area contributed by atoms with Gasteiger partial charge in [-0.1, -0.05) is 42.5 Å². The Morgan fingerprint density at radius 2 is 2.00 bits per heavy atom. The van der Waals surface area contributed by atoms with Crippen LogP contribution in [0.1, 0.15) is 48.8 Å². The number of carbonyl (C=O) groups excluding carboxylic acids is 1. The number of ether oxygens (including phenoxy) is 2. The van der Waals surface area contributed by atoms with Gasteiger partial charge in [0, 0.05) is 17.0 Å². The van der Waals surface area contributed by atoms with E-state index in [0.717, 1.165) is 34.9 Å². The van der Waals surface area contributed by atoms with Crippen LogP contribution < -0.4 is 5.32 Å². The molecule has 0 radical (unpaired) electrons. The van der Waals surface area contributed by atoms with Crippen molar-refractivity contribution in [1.29, 1.82) is 0 Å². The molecule has 6 nitrogen and oxygen atoms in total. The van der Waals surface area contributed by atoms with Crippen molar-refractivity contribution in [3.63, 3.8) is 0 Å². The molecule has 4 rings (SSSR count). The highest BCUT2D eigenvalue weighted by atomic mass is 35.5. The summed E-state index contributed by atoms with van der Waals surface area (Å²) in [7, 11) is 0. The van der Waals surface area contributed by atoms with Crippen LogP contribution in [0.2, 0.25) is 5.15 Å². The van der Waals surface area contributed by atoms with Crippen LogP contribution in [0.4, 0.5) is 4.79 Å². The fourth-order valence-corrected chi connectivity index (χ4v) is 4.81. The van der Waals surface area contributed by atoms with Gasteiger partial charge in [-0.2, -0.15) is 0 Å². The van der Waals surface area contributed by atoms with E-state index in [1.54, 1.807) is 4.90 Å². The monoisotopic (exact) mass is 445 g/mol. The third-order valence-electron chi connectivity index (χ3n) is 6.17. The molecule has 1 saturated heterocycles. The maximum atomic E-state index is 13.2. The van der Waals surface area contributed by atoms with E-state index in [1.807, 2.05) is 6.92 Å². The number of carbonyl (C=O) groups is 1. The molecule has 2 aromatic rings. The predicted octanol–water partition coefficient (Wildman–Crippen LogP) is 4.76. The maximum absolute atomic E-state index is 13.2. The summed E-state index contributed by atoms with van der Waals surface area (Å²) in [5, 5.41) is 4.71. The van der Waals surface area contributed by atoms with Crippen molar-refractivity contribution in [2.75, 3.05) is 26.4 Å². The second kappa shape index (κ2) is 10.2. The summed E-state index contributed by atoms with van der Waals surface area (Å²) in [5.74, 6) is 0. The molecule has 1 aromatic carbocycles. The van der Waals surface area contributed by atoms with Crippen LogP contribution in [0, 0.1) is 13.8 Å². The van der Waals surface area contributed by atoms with Gasteiger partial charge >= 0.3 is 6.03 Å². The van der Waals surface area contributed by atoms with E-state index < -0.39 is 0 Å². The molecule has 168 valence electrons. The molecule has 2 heterocycles. The van der Waals surface area contributed by atoms with Gasteiger partial charge in [-0.3, -0.25) is 0 Å². The van der Waals surface area contributed by atoms with Crippen LogP contribution in [0.3, 0.4) is 0 Å². The lowest BCUT2D eigenvalue weighted by molar-refractivity contribution is -0.0947. The first-order chi connectivity index (χ1) is 15.0. The number of hydrogen-bond donors (Lipinski definition) is 1. The largest absolute Gasteiger partial charge is 0.376 e. The van der Waals surface area contributed by atoms with E-state index >= 15 is 0 Å². The van der Waals surface area contributed by atoms with Crippen molar-refractivity contribution in [2.45, 2.75) is 64.6 Å². The summed E-state index contributed by atoms with van der Waals surface area (Å²) in [5.41, 5.74) is 4.03. The Balaban J connectivity index is 1.56. The molecule has 1 N–H and O–H groups in total. The minimum absolute atomic E-state index is 0.0716. The summed E-state index contributed by atoms with van der Waals surface area (Å²) in [4.78, 5) is 19.7. The van der Waals surface area contributed by atoms with Crippen molar-refractivity contribution in [2.24, 2.45) is 0 Å². The highest BCUT2D eigenvalue weighted by Crippen LogP contribution is 2.26. The summed E-state index contributed by atoms with van der Waals surface area (Å²) in [6.45, 7) is 6.61. The Bertz CT molecular complexity index is 924. The van der Waals surface area contributed by atoms with Gasteiger partial charge in [-0.05, 0) is 44.4 Å². The van der Waals surface area contributed by atoms with Crippen molar-refractivity contribution < 1.29 is 14.3 Å². The van der Waals surface area contributed by atoms with Crippen molar-refractivity contribution in [1.82, 2.24) is 15.2 Å². The number of rotatable bonds is 5. The highest BCUT2D eigenvalue weighted by molar-refractivity contribution is 6.30. The number of urea groups is 1. The lowest BCUT2D eigenvalue weighted by atomic mass is 9.96. The molecule has 0 spiro atoms. The molecule has 1 aliphatic carbocycles. The van der Waals surface area contributed by atoms with Crippen molar-refractivity contribution in [3.8, 4) is 0 Å². The van der Waals surface area contributed by atoms with Gasteiger partial charge in [0.15, 0.2) is 0 Å². The first-order valence-electron chi connectivity index (χ1n) is 11.3. The maximum Gasteiger partial charge on any atom is 0.318 e. The lowest BCUT2D eigenvalue weighted by Crippen LogP contribution is -2.49. The van der Waals surface area contributed by atoms with E-state index in [0.29, 0.717) is 38.1 Å². The summed E-state index contributed by atoms with van der Waals surface area (Å²) in [6, 6.07) is 6.44. The molecule has 2 aliphatic rings. The van der Waals surface area contributed by atoms with Gasteiger partial charge < -0.3 is 19.7 Å². The Morgan fingerprint density at radius 3 is 2.74 bits per heavy atom. The summed E-state index contributed by atoms with van der Waals surface area (Å²) >= 11 is 6.57. The van der Waals surface area contributed by atoms with Gasteiger partial charge in [-0.25, -0.2) is 9.78 Å². The number of nitrogens with one attached hydrogen (secondary N) is 1. The van der Waals surface area contributed by atoms with Gasteiger partial charge in [0.05, 0.1) is 44.5 Å². The second-order valence-corrected chi connectivity index (χ2v) is 9.18. The topological polar surface area (TPSA) is 63.7 Å². The van der Waals surface area contributed by atoms with Crippen LogP contribution in [0.5, 0.6) is 0 Å². The molecule has 2 amide bonds. The smallest absolute Gasteiger partial charge is 0.318 e. The molecule has 31 heavy (non-hydrogen) atoms. The molecule has 1 aliphatic heterocycles. The molecule has 1 saturated carbocycles. The van der Waals surface area contributed by atoms with Crippen LogP contribution in [0.25, 0.3) is 10.9 Å². The number of amides is 2. The standard InChI is InChI=1S/C24H32ClN3O3/c1-16-10-17(2)22-18(11-16)12-19(23(25)27-22)13-28(14-21-15-30-8-9-31-21)24(29)26-20-6-4-3-5-7-20/h10-12,20-21H,3-9,13-15H2,1-2H3,(H,26,29)/t21-/m1/s1. The second-order valence-electron chi connectivity index (χ2n) is 8.82. The molecule has 2 fully saturated rings. The van der Waals surface area contributed by atoms with Crippen LogP contribution >= 0.6 is 11.6 Å². The molecular weight excluding hydrogens is 414 g/mol. The van der Waals surface area contributed by atoms with Gasteiger partial charge in [0.2, 0.25) is 0 Å². The molecule has 0 bridgehead atoms. The predicted molar refractivity (Wildman–Crippen MR) is 123 cm³/mol. The van der Waals surface area contributed by atoms with E-state index in [4.69, 9.17) is 21.1 Å². The summed E-state index contributed by atoms with van der Waals surface area (Å²) in [6.07, 6.45) is 5.54. The zero-order valence-corrected chi connectivity index (χ0v) is 19.2. The minimum Gasteiger partial charge on any atom is -0.376 e. The number of aromatic nitrogens is 1. The van der Waals surface area contributed by atoms with Crippen LogP contribution in [-0.2, 0) is 16.0 Å². The van der Waals surface area contributed by atoms with E-state index in [9.17, 15) is 4.79 Å². The Morgan fingerprint density at radius 1 is 1.19 bits per heavy atom. The Hall–Kier alpha value is -1.89. The zero-order chi connectivity index (χ0) is 21.8. The lowest BCUT2D eigenvalue weighted by Gasteiger charge is -2.32. The van der Waals surface area contributed by atoms with Gasteiger partial charge in [-0.15, -0.1) is 0 Å². The Kier molecular flexibility index (Phi) is 7.31. The Labute approximate surface area is 189 Å². The van der Waals surface area contributed by atoms with E-state index in [-0.39, 0.29) is 18.2 Å². The number of benzene rings is 1. The number of hydrogen-bond acceptors (Lipinski definition) is 4. The average Bonchev–Trinajstić information content (AvgIpc) is 2.76. The quantitative estimate of drug-likeness (QED) is 0.673. The van der Waals surface area contributed by atoms with Gasteiger partial charge in [0.25, 0.3) is 0 Å². The third-order valence-corrected chi connectivity index (χ3v) is 6.50. The SMILES string of the molecule is Cc1cc(C)c2nc(Cl)c(CN(C[C@@H]3COCCO3)C(=O)NC3CCCCC3)cc2c1. The molecule has 0 unspecified atom stereocenters.